The first kappa shape index (κ1) is 15.0. The molecule has 0 aliphatic carbocycles. The van der Waals surface area contributed by atoms with Crippen LogP contribution in [0, 0.1) is 0 Å². The number of para-hydroxylation sites is 1. The Hall–Kier alpha value is -1.10. The molecule has 4 heteroatoms. The zero-order valence-electron chi connectivity index (χ0n) is 11.7. The summed E-state index contributed by atoms with van der Waals surface area (Å²) in [6, 6.07) is 8.14. The molecule has 0 aromatic heterocycles. The van der Waals surface area contributed by atoms with Gasteiger partial charge in [-0.25, -0.2) is 0 Å². The van der Waals surface area contributed by atoms with Gasteiger partial charge < -0.3 is 9.47 Å². The minimum absolute atomic E-state index is 0.149. The Labute approximate surface area is 109 Å². The van der Waals surface area contributed by atoms with Crippen LogP contribution >= 0.6 is 0 Å². The molecule has 0 heterocycles. The lowest BCUT2D eigenvalue weighted by molar-refractivity contribution is 0.00706. The van der Waals surface area contributed by atoms with Crippen LogP contribution in [0.5, 0.6) is 5.75 Å². The van der Waals surface area contributed by atoms with Crippen LogP contribution in [0.25, 0.3) is 0 Å². The Bertz CT molecular complexity index is 367. The summed E-state index contributed by atoms with van der Waals surface area (Å²) in [6.07, 6.45) is 1.64. The highest BCUT2D eigenvalue weighted by Crippen LogP contribution is 2.22. The fourth-order valence-corrected chi connectivity index (χ4v) is 2.00. The lowest BCUT2D eigenvalue weighted by Crippen LogP contribution is -2.42. The second-order valence-electron chi connectivity index (χ2n) is 5.05. The first-order valence-corrected chi connectivity index (χ1v) is 6.15. The molecule has 0 aliphatic rings. The van der Waals surface area contributed by atoms with E-state index in [1.807, 2.05) is 18.2 Å². The highest BCUT2D eigenvalue weighted by atomic mass is 16.5. The van der Waals surface area contributed by atoms with Crippen LogP contribution in [0.2, 0.25) is 0 Å². The van der Waals surface area contributed by atoms with E-state index in [9.17, 15) is 0 Å². The van der Waals surface area contributed by atoms with Crippen LogP contribution in [0.4, 0.5) is 0 Å². The molecule has 1 aromatic carbocycles. The number of benzene rings is 1. The average molecular weight is 252 g/mol. The van der Waals surface area contributed by atoms with E-state index >= 15 is 0 Å². The van der Waals surface area contributed by atoms with Crippen molar-refractivity contribution in [3.05, 3.63) is 29.8 Å². The summed E-state index contributed by atoms with van der Waals surface area (Å²) in [6.45, 7) is 4.11. The van der Waals surface area contributed by atoms with Gasteiger partial charge >= 0.3 is 0 Å². The van der Waals surface area contributed by atoms with Gasteiger partial charge in [0.15, 0.2) is 0 Å². The van der Waals surface area contributed by atoms with Crippen molar-refractivity contribution in [2.24, 2.45) is 5.84 Å². The molecule has 0 aliphatic heterocycles. The second-order valence-corrected chi connectivity index (χ2v) is 5.05. The summed E-state index contributed by atoms with van der Waals surface area (Å²) in [5, 5.41) is 0. The van der Waals surface area contributed by atoms with Gasteiger partial charge in [0.05, 0.1) is 12.7 Å². The minimum Gasteiger partial charge on any atom is -0.496 e. The molecule has 0 spiro atoms. The van der Waals surface area contributed by atoms with Gasteiger partial charge in [-0.3, -0.25) is 11.3 Å². The maximum atomic E-state index is 5.63. The summed E-state index contributed by atoms with van der Waals surface area (Å²) < 4.78 is 10.8. The molecular weight excluding hydrogens is 228 g/mol. The van der Waals surface area contributed by atoms with Gasteiger partial charge in [-0.2, -0.15) is 0 Å². The number of rotatable bonds is 7. The molecule has 18 heavy (non-hydrogen) atoms. The van der Waals surface area contributed by atoms with Crippen molar-refractivity contribution in [2.75, 3.05) is 14.2 Å². The van der Waals surface area contributed by atoms with E-state index in [-0.39, 0.29) is 11.6 Å². The van der Waals surface area contributed by atoms with Crippen molar-refractivity contribution >= 4 is 0 Å². The number of ether oxygens (including phenoxy) is 2. The van der Waals surface area contributed by atoms with Gasteiger partial charge in [-0.15, -0.1) is 0 Å². The molecule has 1 rings (SSSR count). The summed E-state index contributed by atoms with van der Waals surface area (Å²) in [7, 11) is 3.40. The van der Waals surface area contributed by atoms with Crippen molar-refractivity contribution in [1.29, 1.82) is 0 Å². The summed E-state index contributed by atoms with van der Waals surface area (Å²) in [5.41, 5.74) is 3.81. The van der Waals surface area contributed by atoms with Crippen molar-refractivity contribution in [1.82, 2.24) is 5.43 Å². The Balaban J connectivity index is 2.74. The maximum absolute atomic E-state index is 5.63. The van der Waals surface area contributed by atoms with Gasteiger partial charge in [-0.1, -0.05) is 18.2 Å². The highest BCUT2D eigenvalue weighted by molar-refractivity contribution is 5.33. The third-order valence-electron chi connectivity index (χ3n) is 3.19. The van der Waals surface area contributed by atoms with E-state index in [4.69, 9.17) is 15.3 Å². The van der Waals surface area contributed by atoms with E-state index in [0.717, 1.165) is 24.2 Å². The molecule has 1 aromatic rings. The molecule has 102 valence electrons. The van der Waals surface area contributed by atoms with Crippen LogP contribution < -0.4 is 16.0 Å². The van der Waals surface area contributed by atoms with Crippen molar-refractivity contribution in [3.63, 3.8) is 0 Å². The molecule has 1 atom stereocenters. The molecule has 4 nitrogen and oxygen atoms in total. The minimum atomic E-state index is -0.195. The first-order valence-electron chi connectivity index (χ1n) is 6.15. The van der Waals surface area contributed by atoms with E-state index in [0.29, 0.717) is 0 Å². The third kappa shape index (κ3) is 4.29. The molecular formula is C14H24N2O2. The van der Waals surface area contributed by atoms with Crippen LogP contribution in [-0.2, 0) is 11.2 Å². The van der Waals surface area contributed by atoms with Gasteiger partial charge in [0.1, 0.15) is 5.75 Å². The zero-order chi connectivity index (χ0) is 13.6. The van der Waals surface area contributed by atoms with Crippen LogP contribution in [0.15, 0.2) is 24.3 Å². The quantitative estimate of drug-likeness (QED) is 0.575. The van der Waals surface area contributed by atoms with Crippen LogP contribution in [-0.4, -0.2) is 25.9 Å². The van der Waals surface area contributed by atoms with Crippen LogP contribution in [0.3, 0.4) is 0 Å². The summed E-state index contributed by atoms with van der Waals surface area (Å²) in [5.74, 6) is 6.52. The molecule has 0 saturated heterocycles. The number of hydrogen-bond acceptors (Lipinski definition) is 4. The largest absolute Gasteiger partial charge is 0.496 e. The number of nitrogens with two attached hydrogens (primary N) is 1. The zero-order valence-corrected chi connectivity index (χ0v) is 11.7. The molecule has 0 fully saturated rings. The average Bonchev–Trinajstić information content (AvgIpc) is 2.38. The van der Waals surface area contributed by atoms with E-state index < -0.39 is 0 Å². The van der Waals surface area contributed by atoms with Gasteiger partial charge in [0, 0.05) is 13.2 Å². The number of nitrogens with one attached hydrogen (secondary N) is 1. The maximum Gasteiger partial charge on any atom is 0.122 e. The third-order valence-corrected chi connectivity index (χ3v) is 3.19. The van der Waals surface area contributed by atoms with E-state index in [1.54, 1.807) is 14.2 Å². The molecule has 1 unspecified atom stereocenters. The Morgan fingerprint density at radius 1 is 1.28 bits per heavy atom. The smallest absolute Gasteiger partial charge is 0.122 e. The topological polar surface area (TPSA) is 56.5 Å². The molecule has 0 saturated carbocycles. The van der Waals surface area contributed by atoms with Gasteiger partial charge in [0.25, 0.3) is 0 Å². The standard InChI is InChI=1S/C14H24N2O2/c1-14(2,18-4)10-12(16-15)9-11-7-5-6-8-13(11)17-3/h5-8,12,16H,9-10,15H2,1-4H3. The van der Waals surface area contributed by atoms with Crippen molar-refractivity contribution in [2.45, 2.75) is 38.3 Å². The van der Waals surface area contributed by atoms with E-state index in [1.165, 1.54) is 0 Å². The number of hydrazine groups is 1. The molecule has 0 amide bonds. The molecule has 3 N–H and O–H groups in total. The predicted octanol–water partition coefficient (Wildman–Crippen LogP) is 1.88. The van der Waals surface area contributed by atoms with Crippen molar-refractivity contribution in [3.8, 4) is 5.75 Å². The Kier molecular flexibility index (Phi) is 5.59. The first-order chi connectivity index (χ1) is 8.52. The van der Waals surface area contributed by atoms with E-state index in [2.05, 4.69) is 25.3 Å². The summed E-state index contributed by atoms with van der Waals surface area (Å²) in [4.78, 5) is 0. The fraction of sp³-hybridized carbons (Fsp3) is 0.571. The molecule has 0 radical (unpaired) electrons. The second kappa shape index (κ2) is 6.73. The van der Waals surface area contributed by atoms with Gasteiger partial charge in [-0.05, 0) is 38.3 Å². The lowest BCUT2D eigenvalue weighted by Gasteiger charge is -2.28. The fourth-order valence-electron chi connectivity index (χ4n) is 2.00. The SMILES string of the molecule is COc1ccccc1CC(CC(C)(C)OC)NN. The van der Waals surface area contributed by atoms with Crippen LogP contribution in [0.1, 0.15) is 25.8 Å². The normalized spacial score (nSPS) is 13.4. The number of methoxy groups -OCH3 is 2. The number of hydrogen-bond donors (Lipinski definition) is 2. The molecule has 0 bridgehead atoms. The Morgan fingerprint density at radius 2 is 1.94 bits per heavy atom. The summed E-state index contributed by atoms with van der Waals surface area (Å²) >= 11 is 0. The highest BCUT2D eigenvalue weighted by Gasteiger charge is 2.23. The van der Waals surface area contributed by atoms with Gasteiger partial charge in [0.2, 0.25) is 0 Å². The Morgan fingerprint density at radius 3 is 2.50 bits per heavy atom. The monoisotopic (exact) mass is 252 g/mol. The lowest BCUT2D eigenvalue weighted by atomic mass is 9.94. The van der Waals surface area contributed by atoms with Crippen molar-refractivity contribution < 1.29 is 9.47 Å². The predicted molar refractivity (Wildman–Crippen MR) is 73.5 cm³/mol.